The molecule has 0 radical (unpaired) electrons. The zero-order valence-electron chi connectivity index (χ0n) is 18.1. The van der Waals surface area contributed by atoms with Gasteiger partial charge in [0.25, 0.3) is 0 Å². The van der Waals surface area contributed by atoms with Crippen LogP contribution in [0.25, 0.3) is 11.1 Å². The number of hydroxylamine groups is 3. The van der Waals surface area contributed by atoms with Crippen molar-refractivity contribution >= 4 is 0 Å². The Labute approximate surface area is 180 Å². The fourth-order valence-electron chi connectivity index (χ4n) is 4.23. The molecule has 1 N–H and O–H groups in total. The Balaban J connectivity index is 1.33. The van der Waals surface area contributed by atoms with E-state index < -0.39 is 0 Å². The first-order valence-electron chi connectivity index (χ1n) is 10.9. The van der Waals surface area contributed by atoms with Gasteiger partial charge in [-0.1, -0.05) is 60.7 Å². The molecule has 156 valence electrons. The van der Waals surface area contributed by atoms with Gasteiger partial charge in [0, 0.05) is 6.42 Å². The van der Waals surface area contributed by atoms with Gasteiger partial charge in [-0.3, -0.25) is 0 Å². The molecule has 0 saturated heterocycles. The van der Waals surface area contributed by atoms with Crippen molar-refractivity contribution in [3.8, 4) is 16.9 Å². The topological polar surface area (TPSA) is 29.5 Å². The van der Waals surface area contributed by atoms with Gasteiger partial charge in [-0.2, -0.15) is 4.65 Å². The monoisotopic (exact) mass is 402 g/mol. The predicted molar refractivity (Wildman–Crippen MR) is 122 cm³/mol. The number of rotatable bonds is 7. The molecule has 0 aliphatic heterocycles. The second-order valence-electron chi connectivity index (χ2n) is 9.02. The molecule has 0 bridgehead atoms. The normalized spacial score (nSPS) is 16.2. The van der Waals surface area contributed by atoms with Crippen LogP contribution in [0.15, 0.2) is 72.8 Å². The summed E-state index contributed by atoms with van der Waals surface area (Å²) in [6, 6.07) is 25.6. The zero-order chi connectivity index (χ0) is 21.0. The van der Waals surface area contributed by atoms with Crippen molar-refractivity contribution in [3.05, 3.63) is 89.5 Å². The summed E-state index contributed by atoms with van der Waals surface area (Å²) in [5, 5.41) is 9.93. The second-order valence-corrected chi connectivity index (χ2v) is 9.02. The molecule has 0 saturated carbocycles. The lowest BCUT2D eigenvalue weighted by Gasteiger charge is -2.27. The summed E-state index contributed by atoms with van der Waals surface area (Å²) in [5.41, 5.74) is 6.50. The Morgan fingerprint density at radius 3 is 2.37 bits per heavy atom. The van der Waals surface area contributed by atoms with Crippen LogP contribution in [0.4, 0.5) is 0 Å². The number of ether oxygens (including phenoxy) is 1. The van der Waals surface area contributed by atoms with E-state index in [4.69, 9.17) is 4.74 Å². The number of benzene rings is 3. The third-order valence-corrected chi connectivity index (χ3v) is 6.06. The molecule has 3 aromatic carbocycles. The first kappa shape index (κ1) is 20.6. The first-order chi connectivity index (χ1) is 14.5. The predicted octanol–water partition coefficient (Wildman–Crippen LogP) is 5.89. The number of nitrogens with zero attached hydrogens (tertiary/aromatic N) is 1. The number of fused-ring (bicyclic) bond motifs is 1. The summed E-state index contributed by atoms with van der Waals surface area (Å²) in [6.07, 6.45) is 4.47. The van der Waals surface area contributed by atoms with Gasteiger partial charge in [0.1, 0.15) is 18.9 Å². The molecule has 4 rings (SSSR count). The minimum atomic E-state index is 0.0580. The standard InChI is InChI=1S/C27H32NO2/c1-28(2,29)17-16-21-8-13-26-19-27(15-14-25(26)18-21)30-20-22-9-11-24(12-10-22)23-6-4-3-5-7-23/h3-7,9-12,14-15,19,21,29H,8,13,16-18,20H2,1-2H3/q+1. The highest BCUT2D eigenvalue weighted by Gasteiger charge is 2.22. The fraction of sp³-hybridized carbons (Fsp3) is 0.333. The molecular formula is C27H32NO2+. The Kier molecular flexibility index (Phi) is 6.21. The van der Waals surface area contributed by atoms with Crippen LogP contribution in [0.5, 0.6) is 5.75 Å². The average Bonchev–Trinajstić information content (AvgIpc) is 2.76. The van der Waals surface area contributed by atoms with Gasteiger partial charge in [0.2, 0.25) is 0 Å². The third-order valence-electron chi connectivity index (χ3n) is 6.06. The van der Waals surface area contributed by atoms with Gasteiger partial charge in [-0.15, -0.1) is 0 Å². The minimum absolute atomic E-state index is 0.0580. The van der Waals surface area contributed by atoms with Gasteiger partial charge in [-0.05, 0) is 65.1 Å². The highest BCUT2D eigenvalue weighted by molar-refractivity contribution is 5.63. The number of hydrogen-bond donors (Lipinski definition) is 1. The van der Waals surface area contributed by atoms with Crippen LogP contribution in [-0.2, 0) is 19.4 Å². The zero-order valence-corrected chi connectivity index (χ0v) is 18.1. The van der Waals surface area contributed by atoms with Crippen LogP contribution in [0, 0.1) is 5.92 Å². The summed E-state index contributed by atoms with van der Waals surface area (Å²) in [4.78, 5) is 0. The van der Waals surface area contributed by atoms with E-state index in [1.54, 1.807) is 0 Å². The highest BCUT2D eigenvalue weighted by atomic mass is 16.5. The molecule has 0 fully saturated rings. The van der Waals surface area contributed by atoms with Crippen LogP contribution >= 0.6 is 0 Å². The summed E-state index contributed by atoms with van der Waals surface area (Å²) in [5.74, 6) is 1.62. The SMILES string of the molecule is C[N+](C)(O)CCC1CCc2cc(OCc3ccc(-c4ccccc4)cc3)ccc2C1. The number of quaternary nitrogens is 1. The van der Waals surface area contributed by atoms with Gasteiger partial charge in [0.05, 0.1) is 14.1 Å². The van der Waals surface area contributed by atoms with Gasteiger partial charge >= 0.3 is 0 Å². The van der Waals surface area contributed by atoms with E-state index in [-0.39, 0.29) is 4.65 Å². The van der Waals surface area contributed by atoms with Crippen molar-refractivity contribution in [2.45, 2.75) is 32.3 Å². The smallest absolute Gasteiger partial charge is 0.120 e. The van der Waals surface area contributed by atoms with Gasteiger partial charge in [0.15, 0.2) is 0 Å². The lowest BCUT2D eigenvalue weighted by molar-refractivity contribution is -1.07. The molecule has 1 atom stereocenters. The van der Waals surface area contributed by atoms with Gasteiger partial charge in [-0.25, -0.2) is 5.21 Å². The Hall–Kier alpha value is -2.62. The lowest BCUT2D eigenvalue weighted by atomic mass is 9.82. The maximum atomic E-state index is 9.93. The van der Waals surface area contributed by atoms with E-state index in [1.807, 2.05) is 20.2 Å². The van der Waals surface area contributed by atoms with E-state index in [0.29, 0.717) is 12.5 Å². The van der Waals surface area contributed by atoms with Crippen molar-refractivity contribution in [1.29, 1.82) is 0 Å². The Morgan fingerprint density at radius 1 is 0.900 bits per heavy atom. The summed E-state index contributed by atoms with van der Waals surface area (Å²) in [6.45, 7) is 1.39. The van der Waals surface area contributed by atoms with Crippen molar-refractivity contribution in [3.63, 3.8) is 0 Å². The summed E-state index contributed by atoms with van der Waals surface area (Å²) >= 11 is 0. The fourth-order valence-corrected chi connectivity index (χ4v) is 4.23. The molecular weight excluding hydrogens is 370 g/mol. The largest absolute Gasteiger partial charge is 0.489 e. The van der Waals surface area contributed by atoms with Crippen LogP contribution in [0.2, 0.25) is 0 Å². The molecule has 30 heavy (non-hydrogen) atoms. The Bertz CT molecular complexity index is 958. The van der Waals surface area contributed by atoms with E-state index >= 15 is 0 Å². The maximum absolute atomic E-state index is 9.93. The molecule has 1 aliphatic carbocycles. The quantitative estimate of drug-likeness (QED) is 0.394. The molecule has 1 unspecified atom stereocenters. The average molecular weight is 403 g/mol. The van der Waals surface area contributed by atoms with E-state index in [0.717, 1.165) is 31.6 Å². The number of hydrogen-bond acceptors (Lipinski definition) is 2. The first-order valence-corrected chi connectivity index (χ1v) is 10.9. The highest BCUT2D eigenvalue weighted by Crippen LogP contribution is 2.31. The molecule has 0 aromatic heterocycles. The van der Waals surface area contributed by atoms with Crippen LogP contribution in [0.1, 0.15) is 29.5 Å². The summed E-state index contributed by atoms with van der Waals surface area (Å²) in [7, 11) is 3.69. The van der Waals surface area contributed by atoms with Crippen molar-refractivity contribution in [2.75, 3.05) is 20.6 Å². The summed E-state index contributed by atoms with van der Waals surface area (Å²) < 4.78 is 6.15. The van der Waals surface area contributed by atoms with Crippen molar-refractivity contribution in [1.82, 2.24) is 0 Å². The lowest BCUT2D eigenvalue weighted by Crippen LogP contribution is -2.37. The van der Waals surface area contributed by atoms with Crippen LogP contribution < -0.4 is 4.74 Å². The third kappa shape index (κ3) is 5.50. The van der Waals surface area contributed by atoms with E-state index in [1.165, 1.54) is 34.2 Å². The molecule has 0 heterocycles. The number of aryl methyl sites for hydroxylation is 1. The van der Waals surface area contributed by atoms with E-state index in [9.17, 15) is 5.21 Å². The Morgan fingerprint density at radius 2 is 1.63 bits per heavy atom. The molecule has 3 heteroatoms. The van der Waals surface area contributed by atoms with Crippen LogP contribution in [0.3, 0.4) is 0 Å². The van der Waals surface area contributed by atoms with Gasteiger partial charge < -0.3 is 4.74 Å². The van der Waals surface area contributed by atoms with Crippen molar-refractivity contribution in [2.24, 2.45) is 5.92 Å². The second kappa shape index (κ2) is 9.03. The molecule has 0 spiro atoms. The van der Waals surface area contributed by atoms with Crippen molar-refractivity contribution < 1.29 is 14.6 Å². The minimum Gasteiger partial charge on any atom is -0.489 e. The molecule has 3 aromatic rings. The van der Waals surface area contributed by atoms with Crippen LogP contribution in [-0.4, -0.2) is 30.5 Å². The molecule has 1 aliphatic rings. The van der Waals surface area contributed by atoms with E-state index in [2.05, 4.69) is 66.7 Å². The molecule has 0 amide bonds. The molecule has 3 nitrogen and oxygen atoms in total. The maximum Gasteiger partial charge on any atom is 0.120 e.